The normalized spacial score (nSPS) is 13.9. The van der Waals surface area contributed by atoms with Crippen molar-refractivity contribution in [2.24, 2.45) is 11.5 Å². The number of amides is 3. The Labute approximate surface area is 160 Å². The molecule has 0 aromatic heterocycles. The Morgan fingerprint density at radius 2 is 1.70 bits per heavy atom. The molecule has 1 unspecified atom stereocenters. The second kappa shape index (κ2) is 15.9. The molecule has 27 heavy (non-hydrogen) atoms. The lowest BCUT2D eigenvalue weighted by molar-refractivity contribution is -0.197. The maximum Gasteiger partial charge on any atom is 0.332 e. The van der Waals surface area contributed by atoms with Gasteiger partial charge in [-0.1, -0.05) is 13.3 Å². The molecule has 1 rings (SSSR count). The number of unbranched alkanes of at least 4 members (excludes halogenated alkanes) is 1. The SMILES string of the molecule is CC=O.CN(C)C(CCC[13CH2][15NH2])C([15NH2])=O.[13CH3]CC(=O)ON1C(=O)CCC1=O. The zero-order valence-corrected chi connectivity index (χ0v) is 16.6. The summed E-state index contributed by atoms with van der Waals surface area (Å²) >= 11 is 0. The van der Waals surface area contributed by atoms with Gasteiger partial charge >= 0.3 is 5.97 Å². The van der Waals surface area contributed by atoms with Crippen LogP contribution in [0.3, 0.4) is 0 Å². The molecule has 10 nitrogen and oxygen atoms in total. The van der Waals surface area contributed by atoms with E-state index in [2.05, 4.69) is 4.84 Å². The van der Waals surface area contributed by atoms with Gasteiger partial charge in [0.25, 0.3) is 11.8 Å². The predicted molar refractivity (Wildman–Crippen MR) is 98.8 cm³/mol. The van der Waals surface area contributed by atoms with E-state index >= 15 is 0 Å². The van der Waals surface area contributed by atoms with E-state index in [0.717, 1.165) is 25.5 Å². The van der Waals surface area contributed by atoms with E-state index < -0.39 is 17.8 Å². The summed E-state index contributed by atoms with van der Waals surface area (Å²) in [4.78, 5) is 58.4. The van der Waals surface area contributed by atoms with E-state index in [0.29, 0.717) is 11.6 Å². The van der Waals surface area contributed by atoms with Crippen molar-refractivity contribution in [2.75, 3.05) is 20.6 Å². The van der Waals surface area contributed by atoms with Gasteiger partial charge in [-0.15, -0.1) is 5.06 Å². The summed E-state index contributed by atoms with van der Waals surface area (Å²) < 4.78 is 0. The van der Waals surface area contributed by atoms with Gasteiger partial charge in [-0.05, 0) is 40.4 Å². The van der Waals surface area contributed by atoms with E-state index in [1.165, 1.54) is 6.92 Å². The van der Waals surface area contributed by atoms with Gasteiger partial charge < -0.3 is 21.1 Å². The largest absolute Gasteiger partial charge is 0.368 e. The molecular weight excluding hydrogens is 360 g/mol. The van der Waals surface area contributed by atoms with Gasteiger partial charge in [0.2, 0.25) is 5.91 Å². The van der Waals surface area contributed by atoms with Crippen LogP contribution in [0.5, 0.6) is 0 Å². The number of carbonyl (C=O) groups is 5. The van der Waals surface area contributed by atoms with Crippen molar-refractivity contribution in [3.63, 3.8) is 0 Å². The Morgan fingerprint density at radius 1 is 1.22 bits per heavy atom. The van der Waals surface area contributed by atoms with Gasteiger partial charge in [0.05, 0.1) is 6.04 Å². The van der Waals surface area contributed by atoms with Gasteiger partial charge in [-0.25, -0.2) is 4.79 Å². The number of carbonyl (C=O) groups excluding carboxylic acids is 5. The highest BCUT2D eigenvalue weighted by molar-refractivity contribution is 6.01. The summed E-state index contributed by atoms with van der Waals surface area (Å²) in [5, 5.41) is 0.547. The number of imide groups is 1. The highest BCUT2D eigenvalue weighted by Gasteiger charge is 2.32. The van der Waals surface area contributed by atoms with Crippen LogP contribution in [-0.2, 0) is 28.8 Å². The van der Waals surface area contributed by atoms with Gasteiger partial charge in [0.15, 0.2) is 0 Å². The summed E-state index contributed by atoms with van der Waals surface area (Å²) in [5.41, 5.74) is 10.5. The van der Waals surface area contributed by atoms with E-state index in [1.54, 1.807) is 6.92 Å². The van der Waals surface area contributed by atoms with Crippen LogP contribution in [0.1, 0.15) is 52.4 Å². The molecule has 3 amide bonds. The fourth-order valence-corrected chi connectivity index (χ4v) is 1.96. The lowest BCUT2D eigenvalue weighted by Crippen LogP contribution is -2.40. The van der Waals surface area contributed by atoms with Crippen LogP contribution in [0.4, 0.5) is 0 Å². The highest BCUT2D eigenvalue weighted by atomic mass is 16.7. The second-order valence-electron chi connectivity index (χ2n) is 5.80. The molecule has 1 heterocycles. The average molecular weight is 392 g/mol. The van der Waals surface area contributed by atoms with Gasteiger partial charge in [-0.2, -0.15) is 0 Å². The molecule has 1 atom stereocenters. The third-order valence-electron chi connectivity index (χ3n) is 3.37. The molecule has 0 aliphatic carbocycles. The Balaban J connectivity index is 0. The molecule has 0 aromatic rings. The van der Waals surface area contributed by atoms with Gasteiger partial charge in [0.1, 0.15) is 6.29 Å². The van der Waals surface area contributed by atoms with Gasteiger partial charge in [-0.3, -0.25) is 19.3 Å². The van der Waals surface area contributed by atoms with E-state index in [4.69, 9.17) is 16.3 Å². The first-order chi connectivity index (χ1) is 12.7. The number of hydroxylamine groups is 2. The Kier molecular flexibility index (Phi) is 15.8. The minimum absolute atomic E-state index is 0.135. The van der Waals surface area contributed by atoms with Crippen molar-refractivity contribution in [1.29, 1.82) is 0 Å². The first kappa shape index (κ1) is 26.9. The molecule has 0 bridgehead atoms. The number of rotatable bonds is 8. The first-order valence-corrected chi connectivity index (χ1v) is 8.78. The van der Waals surface area contributed by atoms with Crippen molar-refractivity contribution in [3.8, 4) is 0 Å². The number of hydrogen-bond donors (Lipinski definition) is 2. The van der Waals surface area contributed by atoms with Crippen molar-refractivity contribution in [1.82, 2.24) is 9.96 Å². The monoisotopic (exact) mass is 392 g/mol. The van der Waals surface area contributed by atoms with Crippen LogP contribution in [-0.4, -0.2) is 66.6 Å². The third-order valence-corrected chi connectivity index (χ3v) is 3.37. The second-order valence-corrected chi connectivity index (χ2v) is 5.80. The minimum Gasteiger partial charge on any atom is -0.368 e. The van der Waals surface area contributed by atoms with E-state index in [9.17, 15) is 19.2 Å². The van der Waals surface area contributed by atoms with Crippen LogP contribution in [0.25, 0.3) is 0 Å². The average Bonchev–Trinajstić information content (AvgIpc) is 2.91. The van der Waals surface area contributed by atoms with Crippen LogP contribution < -0.4 is 11.5 Å². The summed E-state index contributed by atoms with van der Waals surface area (Å²) in [6, 6.07) is -0.142. The fraction of sp³-hybridized carbons (Fsp3) is 0.706. The number of nitrogens with zero attached hydrogens (tertiary/aromatic N) is 2. The van der Waals surface area contributed by atoms with Crippen molar-refractivity contribution in [3.05, 3.63) is 0 Å². The molecule has 10 heteroatoms. The van der Waals surface area contributed by atoms with E-state index in [1.807, 2.05) is 19.0 Å². The standard InChI is InChI=1S/C8H19N3O.C7H9NO4.C2H4O/c1-11(2)7(8(10)12)5-3-4-6-9;1-2-7(11)12-8-5(9)3-4-6(8)10;1-2-3/h7H,3-6,9H2,1-2H3,(H2,10,12);2-4H2,1H3;2H,1H3/i6+1,9+1,10+1;1+1;. The van der Waals surface area contributed by atoms with Crippen LogP contribution in [0, 0.1) is 0 Å². The fourth-order valence-electron chi connectivity index (χ4n) is 1.96. The maximum atomic E-state index is 10.9. The van der Waals surface area contributed by atoms with Crippen LogP contribution >= 0.6 is 0 Å². The van der Waals surface area contributed by atoms with Crippen LogP contribution in [0.15, 0.2) is 0 Å². The van der Waals surface area contributed by atoms with E-state index in [-0.39, 0.29) is 31.2 Å². The first-order valence-electron chi connectivity index (χ1n) is 8.78. The molecule has 0 spiro atoms. The summed E-state index contributed by atoms with van der Waals surface area (Å²) in [6.07, 6.45) is 3.89. The number of likely N-dealkylation sites (N-methyl/N-ethyl adjacent to an activating group) is 1. The maximum absolute atomic E-state index is 10.9. The minimum atomic E-state index is -0.571. The predicted octanol–water partition coefficient (Wildman–Crippen LogP) is -0.260. The molecule has 0 aromatic carbocycles. The van der Waals surface area contributed by atoms with Crippen molar-refractivity contribution >= 4 is 30.0 Å². The summed E-state index contributed by atoms with van der Waals surface area (Å²) in [5.74, 6) is -1.71. The Bertz CT molecular complexity index is 480. The smallest absolute Gasteiger partial charge is 0.332 e. The zero-order valence-electron chi connectivity index (χ0n) is 16.6. The summed E-state index contributed by atoms with van der Waals surface area (Å²) in [7, 11) is 3.72. The number of aldehydes is 1. The Morgan fingerprint density at radius 3 is 2.04 bits per heavy atom. The lowest BCUT2D eigenvalue weighted by Gasteiger charge is -2.20. The molecule has 1 saturated heterocycles. The molecule has 0 radical (unpaired) electrons. The highest BCUT2D eigenvalue weighted by Crippen LogP contribution is 2.12. The molecule has 4 N–H and O–H groups in total. The van der Waals surface area contributed by atoms with Crippen molar-refractivity contribution in [2.45, 2.75) is 58.4 Å². The number of nitrogens with two attached hydrogens (primary N) is 2. The molecule has 1 aliphatic heterocycles. The number of hydrogen-bond acceptors (Lipinski definition) is 8. The molecule has 1 fully saturated rings. The third kappa shape index (κ3) is 12.6. The molecule has 0 saturated carbocycles. The lowest BCUT2D eigenvalue weighted by atomic mass is 10.1. The Hall–Kier alpha value is -2.33. The zero-order chi connectivity index (χ0) is 21.4. The summed E-state index contributed by atoms with van der Waals surface area (Å²) in [6.45, 7) is 3.71. The molecule has 156 valence electrons. The van der Waals surface area contributed by atoms with Gasteiger partial charge in [0, 0.05) is 19.3 Å². The van der Waals surface area contributed by atoms with Crippen LogP contribution in [0.2, 0.25) is 0 Å². The number of primary amides is 1. The van der Waals surface area contributed by atoms with Crippen molar-refractivity contribution < 1.29 is 28.8 Å². The molecular formula is C17H32N4O6. The quantitative estimate of drug-likeness (QED) is 0.188. The molecule has 1 aliphatic rings. The topological polar surface area (TPSA) is 153 Å².